The van der Waals surface area contributed by atoms with Gasteiger partial charge in [0.1, 0.15) is 5.75 Å². The Hall–Kier alpha value is -3.35. The highest BCUT2D eigenvalue weighted by molar-refractivity contribution is 6.01. The number of fused-ring (bicyclic) bond motifs is 1. The van der Waals surface area contributed by atoms with Crippen LogP contribution in [0.15, 0.2) is 36.4 Å². The van der Waals surface area contributed by atoms with Crippen LogP contribution in [0.2, 0.25) is 0 Å². The molecule has 3 rings (SSSR count). The van der Waals surface area contributed by atoms with Gasteiger partial charge in [-0.1, -0.05) is 12.1 Å². The number of carbonyl (C=O) groups excluding carboxylic acids is 1. The summed E-state index contributed by atoms with van der Waals surface area (Å²) >= 11 is 0. The molecule has 0 aliphatic heterocycles. The van der Waals surface area contributed by atoms with Crippen molar-refractivity contribution in [3.8, 4) is 34.3 Å². The predicted molar refractivity (Wildman–Crippen MR) is 101 cm³/mol. The van der Waals surface area contributed by atoms with E-state index in [1.807, 2.05) is 30.3 Å². The van der Waals surface area contributed by atoms with Crippen LogP contribution in [0.4, 0.5) is 4.79 Å². The summed E-state index contributed by atoms with van der Waals surface area (Å²) in [5.41, 5.74) is 2.29. The molecule has 0 spiro atoms. The van der Waals surface area contributed by atoms with Crippen molar-refractivity contribution in [3.05, 3.63) is 36.4 Å². The van der Waals surface area contributed by atoms with Crippen LogP contribution in [0.5, 0.6) is 23.1 Å². The van der Waals surface area contributed by atoms with Crippen LogP contribution in [0.3, 0.4) is 0 Å². The monoisotopic (exact) mass is 371 g/mol. The summed E-state index contributed by atoms with van der Waals surface area (Å²) < 4.78 is 26.3. The molecule has 0 unspecified atom stereocenters. The molecule has 0 saturated carbocycles. The molecule has 0 saturated heterocycles. The molecule has 0 amide bonds. The van der Waals surface area contributed by atoms with E-state index < -0.39 is 6.16 Å². The van der Waals surface area contributed by atoms with Crippen molar-refractivity contribution in [2.75, 3.05) is 27.9 Å². The minimum atomic E-state index is -0.780. The van der Waals surface area contributed by atoms with Gasteiger partial charge in [0.25, 0.3) is 0 Å². The first-order valence-corrected chi connectivity index (χ1v) is 8.38. The molecule has 27 heavy (non-hydrogen) atoms. The topological polar surface area (TPSA) is 79.0 Å². The summed E-state index contributed by atoms with van der Waals surface area (Å²) in [5, 5.41) is 0.817. The molecule has 0 aliphatic carbocycles. The SMILES string of the molecule is CCOC(=O)Oc1[nH]c2cc(OC)c(OC)cc2c1-c1ccc(OC)cc1. The summed E-state index contributed by atoms with van der Waals surface area (Å²) in [4.78, 5) is 15.0. The van der Waals surface area contributed by atoms with Crippen molar-refractivity contribution in [2.45, 2.75) is 6.92 Å². The molecule has 1 heterocycles. The standard InChI is InChI=1S/C20H21NO6/c1-5-26-20(22)27-19-18(12-6-8-13(23-2)9-7-12)14-10-16(24-3)17(25-4)11-15(14)21-19/h6-11,21H,5H2,1-4H3. The quantitative estimate of drug-likeness (QED) is 0.647. The minimum absolute atomic E-state index is 0.221. The Labute approximate surface area is 156 Å². The Bertz CT molecular complexity index is 945. The average molecular weight is 371 g/mol. The molecule has 7 nitrogen and oxygen atoms in total. The number of hydrogen-bond donors (Lipinski definition) is 1. The van der Waals surface area contributed by atoms with E-state index in [1.165, 1.54) is 0 Å². The summed E-state index contributed by atoms with van der Waals surface area (Å²) in [7, 11) is 4.74. The van der Waals surface area contributed by atoms with Crippen LogP contribution in [0, 0.1) is 0 Å². The van der Waals surface area contributed by atoms with Gasteiger partial charge < -0.3 is 28.7 Å². The third kappa shape index (κ3) is 3.62. The van der Waals surface area contributed by atoms with Crippen LogP contribution in [0.25, 0.3) is 22.0 Å². The number of benzene rings is 2. The fourth-order valence-corrected chi connectivity index (χ4v) is 2.85. The van der Waals surface area contributed by atoms with Gasteiger partial charge in [0, 0.05) is 11.5 Å². The van der Waals surface area contributed by atoms with E-state index in [9.17, 15) is 4.79 Å². The van der Waals surface area contributed by atoms with Crippen molar-refractivity contribution >= 4 is 17.1 Å². The molecular weight excluding hydrogens is 350 g/mol. The van der Waals surface area contributed by atoms with Gasteiger partial charge >= 0.3 is 6.16 Å². The Kier molecular flexibility index (Phi) is 5.40. The maximum atomic E-state index is 11.9. The van der Waals surface area contributed by atoms with Crippen LogP contribution >= 0.6 is 0 Å². The Morgan fingerprint density at radius 1 is 0.963 bits per heavy atom. The number of nitrogens with one attached hydrogen (secondary N) is 1. The normalized spacial score (nSPS) is 10.5. The highest BCUT2D eigenvalue weighted by atomic mass is 16.7. The molecule has 0 fully saturated rings. The molecule has 0 aliphatic rings. The second kappa shape index (κ2) is 7.90. The van der Waals surface area contributed by atoms with E-state index >= 15 is 0 Å². The zero-order valence-corrected chi connectivity index (χ0v) is 15.6. The van der Waals surface area contributed by atoms with Crippen LogP contribution in [-0.2, 0) is 4.74 Å². The van der Waals surface area contributed by atoms with Crippen molar-refractivity contribution < 1.29 is 28.5 Å². The molecule has 142 valence electrons. The second-order valence-corrected chi connectivity index (χ2v) is 5.60. The molecule has 1 aromatic heterocycles. The van der Waals surface area contributed by atoms with Gasteiger partial charge in [0.15, 0.2) is 11.5 Å². The van der Waals surface area contributed by atoms with Crippen molar-refractivity contribution in [3.63, 3.8) is 0 Å². The molecule has 7 heteroatoms. The first-order valence-electron chi connectivity index (χ1n) is 8.38. The van der Waals surface area contributed by atoms with Crippen LogP contribution in [-0.4, -0.2) is 39.1 Å². The number of methoxy groups -OCH3 is 3. The Balaban J connectivity index is 2.19. The lowest BCUT2D eigenvalue weighted by Gasteiger charge is -2.09. The van der Waals surface area contributed by atoms with E-state index in [2.05, 4.69) is 4.98 Å². The smallest absolute Gasteiger partial charge is 0.497 e. The number of carbonyl (C=O) groups is 1. The number of rotatable bonds is 6. The predicted octanol–water partition coefficient (Wildman–Crippen LogP) is 4.40. The average Bonchev–Trinajstić information content (AvgIpc) is 3.03. The van der Waals surface area contributed by atoms with E-state index in [0.29, 0.717) is 17.1 Å². The Morgan fingerprint density at radius 2 is 1.63 bits per heavy atom. The van der Waals surface area contributed by atoms with Crippen LogP contribution in [0.1, 0.15) is 6.92 Å². The fraction of sp³-hybridized carbons (Fsp3) is 0.250. The molecule has 2 aromatic carbocycles. The zero-order valence-electron chi connectivity index (χ0n) is 15.6. The van der Waals surface area contributed by atoms with Crippen LogP contribution < -0.4 is 18.9 Å². The molecule has 0 atom stereocenters. The van der Waals surface area contributed by atoms with E-state index in [-0.39, 0.29) is 12.5 Å². The fourth-order valence-electron chi connectivity index (χ4n) is 2.85. The molecule has 1 N–H and O–H groups in total. The highest BCUT2D eigenvalue weighted by Crippen LogP contribution is 2.42. The van der Waals surface area contributed by atoms with Gasteiger partial charge in [0.05, 0.1) is 39.0 Å². The first kappa shape index (κ1) is 18.4. The first-order chi connectivity index (χ1) is 13.1. The lowest BCUT2D eigenvalue weighted by molar-refractivity contribution is 0.103. The summed E-state index contributed by atoms with van der Waals surface area (Å²) in [6.07, 6.45) is -0.780. The largest absolute Gasteiger partial charge is 0.515 e. The minimum Gasteiger partial charge on any atom is -0.497 e. The highest BCUT2D eigenvalue weighted by Gasteiger charge is 2.20. The van der Waals surface area contributed by atoms with Gasteiger partial charge in [-0.2, -0.15) is 0 Å². The van der Waals surface area contributed by atoms with Crippen molar-refractivity contribution in [1.82, 2.24) is 4.98 Å². The number of H-pyrrole nitrogens is 1. The number of aromatic amines is 1. The van der Waals surface area contributed by atoms with E-state index in [1.54, 1.807) is 34.3 Å². The molecule has 3 aromatic rings. The second-order valence-electron chi connectivity index (χ2n) is 5.60. The van der Waals surface area contributed by atoms with Gasteiger partial charge in [-0.3, -0.25) is 0 Å². The summed E-state index contributed by atoms with van der Waals surface area (Å²) in [6, 6.07) is 11.1. The maximum Gasteiger partial charge on any atom is 0.515 e. The van der Waals surface area contributed by atoms with Gasteiger partial charge in [-0.25, -0.2) is 4.79 Å². The lowest BCUT2D eigenvalue weighted by Crippen LogP contribution is -2.10. The number of aromatic nitrogens is 1. The number of ether oxygens (including phenoxy) is 5. The van der Waals surface area contributed by atoms with E-state index in [0.717, 1.165) is 22.2 Å². The number of hydrogen-bond acceptors (Lipinski definition) is 6. The maximum absolute atomic E-state index is 11.9. The Morgan fingerprint density at radius 3 is 2.22 bits per heavy atom. The molecular formula is C20H21NO6. The summed E-state index contributed by atoms with van der Waals surface area (Å²) in [6.45, 7) is 1.94. The van der Waals surface area contributed by atoms with Gasteiger partial charge in [0.2, 0.25) is 5.88 Å². The third-order valence-corrected chi connectivity index (χ3v) is 4.09. The third-order valence-electron chi connectivity index (χ3n) is 4.09. The zero-order chi connectivity index (χ0) is 19.4. The van der Waals surface area contributed by atoms with Gasteiger partial charge in [-0.05, 0) is 30.7 Å². The summed E-state index contributed by atoms with van der Waals surface area (Å²) in [5.74, 6) is 2.14. The van der Waals surface area contributed by atoms with Crippen molar-refractivity contribution in [2.24, 2.45) is 0 Å². The molecule has 0 radical (unpaired) electrons. The molecule has 0 bridgehead atoms. The van der Waals surface area contributed by atoms with Gasteiger partial charge in [-0.15, -0.1) is 0 Å². The van der Waals surface area contributed by atoms with Crippen molar-refractivity contribution in [1.29, 1.82) is 0 Å². The lowest BCUT2D eigenvalue weighted by atomic mass is 10.0. The van der Waals surface area contributed by atoms with E-state index in [4.69, 9.17) is 23.7 Å².